The zero-order valence-corrected chi connectivity index (χ0v) is 19.5. The number of hydrogen-bond acceptors (Lipinski definition) is 4. The summed E-state index contributed by atoms with van der Waals surface area (Å²) in [5.74, 6) is 0.511. The third kappa shape index (κ3) is 4.82. The first-order chi connectivity index (χ1) is 17.1. The maximum Gasteiger partial charge on any atom is 0.336 e. The van der Waals surface area contributed by atoms with E-state index in [0.717, 1.165) is 22.4 Å². The van der Waals surface area contributed by atoms with E-state index in [1.54, 1.807) is 11.8 Å². The molecule has 1 heterocycles. The molecule has 6 nitrogen and oxygen atoms in total. The van der Waals surface area contributed by atoms with Crippen molar-refractivity contribution in [2.75, 3.05) is 12.4 Å². The van der Waals surface area contributed by atoms with Crippen LogP contribution in [0.3, 0.4) is 0 Å². The lowest BCUT2D eigenvalue weighted by molar-refractivity contribution is 0.102. The van der Waals surface area contributed by atoms with Crippen LogP contribution >= 0.6 is 0 Å². The molecule has 5 aromatic rings. The molecule has 6 heteroatoms. The van der Waals surface area contributed by atoms with Crippen LogP contribution in [0.5, 0.6) is 6.01 Å². The van der Waals surface area contributed by atoms with Crippen LogP contribution in [-0.2, 0) is 0 Å². The van der Waals surface area contributed by atoms with E-state index in [9.17, 15) is 4.79 Å². The number of hydrogen-bond donors (Lipinski definition) is 1. The van der Waals surface area contributed by atoms with Gasteiger partial charge in [0.05, 0.1) is 12.8 Å². The largest absolute Gasteiger partial charge is 0.466 e. The topological polar surface area (TPSA) is 69.0 Å². The molecule has 1 amide bonds. The molecule has 0 radical (unpaired) electrons. The number of aromatic nitrogens is 3. The van der Waals surface area contributed by atoms with Gasteiger partial charge < -0.3 is 10.1 Å². The highest BCUT2D eigenvalue weighted by atomic mass is 16.5. The lowest BCUT2D eigenvalue weighted by Crippen LogP contribution is -2.11. The number of ether oxygens (including phenoxy) is 1. The second-order valence-electron chi connectivity index (χ2n) is 8.14. The second kappa shape index (κ2) is 9.65. The lowest BCUT2D eigenvalue weighted by atomic mass is 10.0. The first-order valence-electron chi connectivity index (χ1n) is 11.3. The normalized spacial score (nSPS) is 10.7. The number of anilines is 1. The van der Waals surface area contributed by atoms with E-state index in [2.05, 4.69) is 15.4 Å². The molecule has 4 aromatic carbocycles. The van der Waals surface area contributed by atoms with Crippen LogP contribution in [0, 0.1) is 6.92 Å². The summed E-state index contributed by atoms with van der Waals surface area (Å²) in [6, 6.07) is 33.5. The van der Waals surface area contributed by atoms with Crippen molar-refractivity contribution in [1.29, 1.82) is 0 Å². The van der Waals surface area contributed by atoms with E-state index in [-0.39, 0.29) is 11.9 Å². The Labute approximate surface area is 203 Å². The van der Waals surface area contributed by atoms with Gasteiger partial charge >= 0.3 is 6.01 Å². The van der Waals surface area contributed by atoms with Gasteiger partial charge in [0.1, 0.15) is 0 Å². The van der Waals surface area contributed by atoms with Crippen LogP contribution in [0.25, 0.3) is 28.2 Å². The Kier molecular flexibility index (Phi) is 6.09. The molecule has 35 heavy (non-hydrogen) atoms. The molecule has 0 bridgehead atoms. The molecule has 0 saturated carbocycles. The molecule has 0 spiro atoms. The SMILES string of the molecule is COc1nc(-c2ccc(C)cc2)n(-c2ccc(NC(=O)c3ccc(-c4ccccc4)cc3)cc2)n1. The summed E-state index contributed by atoms with van der Waals surface area (Å²) in [5.41, 5.74) is 6.38. The summed E-state index contributed by atoms with van der Waals surface area (Å²) in [6.45, 7) is 2.04. The molecule has 0 unspecified atom stereocenters. The molecule has 0 aliphatic rings. The number of nitrogens with zero attached hydrogens (tertiary/aromatic N) is 3. The van der Waals surface area contributed by atoms with E-state index in [0.29, 0.717) is 17.1 Å². The van der Waals surface area contributed by atoms with Gasteiger partial charge in [0, 0.05) is 16.8 Å². The molecule has 0 aliphatic heterocycles. The second-order valence-corrected chi connectivity index (χ2v) is 8.14. The summed E-state index contributed by atoms with van der Waals surface area (Å²) in [5, 5.41) is 7.42. The molecule has 0 aliphatic carbocycles. The van der Waals surface area contributed by atoms with Crippen molar-refractivity contribution in [1.82, 2.24) is 14.8 Å². The summed E-state index contributed by atoms with van der Waals surface area (Å²) in [4.78, 5) is 17.3. The molecule has 5 rings (SSSR count). The quantitative estimate of drug-likeness (QED) is 0.329. The number of carbonyl (C=O) groups is 1. The zero-order chi connectivity index (χ0) is 24.2. The zero-order valence-electron chi connectivity index (χ0n) is 19.5. The van der Waals surface area contributed by atoms with Gasteiger partial charge in [-0.25, -0.2) is 4.68 Å². The van der Waals surface area contributed by atoms with Crippen molar-refractivity contribution < 1.29 is 9.53 Å². The highest BCUT2D eigenvalue weighted by molar-refractivity contribution is 6.04. The molecule has 0 saturated heterocycles. The fourth-order valence-corrected chi connectivity index (χ4v) is 3.78. The molecule has 1 N–H and O–H groups in total. The Hall–Kier alpha value is -4.71. The van der Waals surface area contributed by atoms with E-state index < -0.39 is 0 Å². The van der Waals surface area contributed by atoms with Crippen molar-refractivity contribution >= 4 is 11.6 Å². The minimum Gasteiger partial charge on any atom is -0.466 e. The van der Waals surface area contributed by atoms with Crippen LogP contribution in [0.1, 0.15) is 15.9 Å². The van der Waals surface area contributed by atoms with E-state index in [1.807, 2.05) is 110 Å². The number of aryl methyl sites for hydroxylation is 1. The Morgan fingerprint density at radius 2 is 1.40 bits per heavy atom. The van der Waals surface area contributed by atoms with Gasteiger partial charge in [0.25, 0.3) is 5.91 Å². The third-order valence-corrected chi connectivity index (χ3v) is 5.70. The van der Waals surface area contributed by atoms with Gasteiger partial charge in [-0.15, -0.1) is 5.10 Å². The van der Waals surface area contributed by atoms with Crippen LogP contribution < -0.4 is 10.1 Å². The Bertz CT molecular complexity index is 1440. The number of carbonyl (C=O) groups excluding carboxylic acids is 1. The van der Waals surface area contributed by atoms with Crippen LogP contribution in [-0.4, -0.2) is 27.8 Å². The first-order valence-corrected chi connectivity index (χ1v) is 11.3. The predicted molar refractivity (Wildman–Crippen MR) is 138 cm³/mol. The fraction of sp³-hybridized carbons (Fsp3) is 0.0690. The van der Waals surface area contributed by atoms with Gasteiger partial charge in [-0.05, 0) is 54.4 Å². The lowest BCUT2D eigenvalue weighted by Gasteiger charge is -2.09. The van der Waals surface area contributed by atoms with E-state index in [4.69, 9.17) is 4.74 Å². The minimum absolute atomic E-state index is 0.167. The summed E-state index contributed by atoms with van der Waals surface area (Å²) in [6.07, 6.45) is 0. The number of benzene rings is 4. The summed E-state index contributed by atoms with van der Waals surface area (Å²) >= 11 is 0. The van der Waals surface area contributed by atoms with Crippen molar-refractivity contribution in [2.24, 2.45) is 0 Å². The molecule has 1 aromatic heterocycles. The van der Waals surface area contributed by atoms with Gasteiger partial charge in [0.2, 0.25) is 0 Å². The van der Waals surface area contributed by atoms with Crippen LogP contribution in [0.2, 0.25) is 0 Å². The molecular weight excluding hydrogens is 436 g/mol. The Morgan fingerprint density at radius 1 is 0.771 bits per heavy atom. The average molecular weight is 461 g/mol. The number of nitrogens with one attached hydrogen (secondary N) is 1. The van der Waals surface area contributed by atoms with E-state index >= 15 is 0 Å². The molecular formula is C29H24N4O2. The standard InChI is InChI=1S/C29H24N4O2/c1-20-8-10-23(11-9-20)27-31-29(35-2)32-33(27)26-18-16-25(17-19-26)30-28(34)24-14-12-22(13-15-24)21-6-4-3-5-7-21/h3-19H,1-2H3,(H,30,34). The summed E-state index contributed by atoms with van der Waals surface area (Å²) < 4.78 is 7.00. The Balaban J connectivity index is 1.34. The minimum atomic E-state index is -0.167. The van der Waals surface area contributed by atoms with Crippen molar-refractivity contribution in [3.8, 4) is 34.2 Å². The van der Waals surface area contributed by atoms with Crippen molar-refractivity contribution in [3.05, 3.63) is 114 Å². The maximum absolute atomic E-state index is 12.8. The smallest absolute Gasteiger partial charge is 0.336 e. The first kappa shape index (κ1) is 22.1. The summed E-state index contributed by atoms with van der Waals surface area (Å²) in [7, 11) is 1.55. The van der Waals surface area contributed by atoms with Gasteiger partial charge in [-0.2, -0.15) is 4.98 Å². The van der Waals surface area contributed by atoms with Crippen LogP contribution in [0.15, 0.2) is 103 Å². The number of rotatable bonds is 6. The third-order valence-electron chi connectivity index (χ3n) is 5.70. The van der Waals surface area contributed by atoms with Gasteiger partial charge in [-0.3, -0.25) is 4.79 Å². The fourth-order valence-electron chi connectivity index (χ4n) is 3.78. The van der Waals surface area contributed by atoms with Gasteiger partial charge in [-0.1, -0.05) is 72.3 Å². The monoisotopic (exact) mass is 460 g/mol. The molecule has 172 valence electrons. The number of methoxy groups -OCH3 is 1. The van der Waals surface area contributed by atoms with Crippen molar-refractivity contribution in [2.45, 2.75) is 6.92 Å². The van der Waals surface area contributed by atoms with Gasteiger partial charge in [0.15, 0.2) is 5.82 Å². The Morgan fingerprint density at radius 3 is 2.06 bits per heavy atom. The molecule has 0 fully saturated rings. The highest BCUT2D eigenvalue weighted by Crippen LogP contribution is 2.25. The maximum atomic E-state index is 12.8. The average Bonchev–Trinajstić information content (AvgIpc) is 3.35. The number of amides is 1. The predicted octanol–water partition coefficient (Wildman–Crippen LogP) is 6.17. The van der Waals surface area contributed by atoms with Crippen LogP contribution in [0.4, 0.5) is 5.69 Å². The molecule has 0 atom stereocenters. The van der Waals surface area contributed by atoms with Crippen molar-refractivity contribution in [3.63, 3.8) is 0 Å². The van der Waals surface area contributed by atoms with E-state index in [1.165, 1.54) is 5.56 Å². The highest BCUT2D eigenvalue weighted by Gasteiger charge is 2.14.